The number of hydrogen-bond acceptors (Lipinski definition) is 0. The minimum atomic E-state index is 0.982. The third kappa shape index (κ3) is 2.02. The summed E-state index contributed by atoms with van der Waals surface area (Å²) in [7, 11) is 0. The standard InChI is InChI=1S/C12H24/c1-5-9(4)11-8-12(11)10(6-2)7-3/h9-12H,5-8H2,1-4H3. The van der Waals surface area contributed by atoms with Crippen molar-refractivity contribution in [3.63, 3.8) is 0 Å². The molecule has 0 heteroatoms. The van der Waals surface area contributed by atoms with E-state index in [4.69, 9.17) is 0 Å². The summed E-state index contributed by atoms with van der Waals surface area (Å²) >= 11 is 0. The van der Waals surface area contributed by atoms with Crippen molar-refractivity contribution < 1.29 is 0 Å². The summed E-state index contributed by atoms with van der Waals surface area (Å²) in [6.45, 7) is 9.44. The lowest BCUT2D eigenvalue weighted by Crippen LogP contribution is -2.05. The maximum absolute atomic E-state index is 2.42. The predicted octanol–water partition coefficient (Wildman–Crippen LogP) is 4.10. The lowest BCUT2D eigenvalue weighted by Gasteiger charge is -2.14. The van der Waals surface area contributed by atoms with E-state index in [1.165, 1.54) is 25.7 Å². The number of hydrogen-bond donors (Lipinski definition) is 0. The minimum Gasteiger partial charge on any atom is -0.0651 e. The summed E-state index contributed by atoms with van der Waals surface area (Å²) in [5.74, 6) is 4.19. The highest BCUT2D eigenvalue weighted by molar-refractivity contribution is 4.92. The molecule has 0 N–H and O–H groups in total. The van der Waals surface area contributed by atoms with Crippen LogP contribution in [0.25, 0.3) is 0 Å². The highest BCUT2D eigenvalue weighted by Crippen LogP contribution is 2.51. The summed E-state index contributed by atoms with van der Waals surface area (Å²) in [4.78, 5) is 0. The fourth-order valence-electron chi connectivity index (χ4n) is 2.63. The summed E-state index contributed by atoms with van der Waals surface area (Å²) in [6.07, 6.45) is 5.70. The first kappa shape index (κ1) is 10.1. The highest BCUT2D eigenvalue weighted by atomic mass is 14.5. The lowest BCUT2D eigenvalue weighted by atomic mass is 9.92. The molecule has 1 fully saturated rings. The van der Waals surface area contributed by atoms with Crippen LogP contribution in [0.2, 0.25) is 0 Å². The molecular formula is C12H24. The molecular weight excluding hydrogens is 144 g/mol. The predicted molar refractivity (Wildman–Crippen MR) is 55.1 cm³/mol. The molecule has 0 radical (unpaired) electrons. The molecule has 0 spiro atoms. The molecule has 72 valence electrons. The van der Waals surface area contributed by atoms with Gasteiger partial charge in [0.1, 0.15) is 0 Å². The van der Waals surface area contributed by atoms with Gasteiger partial charge in [0.2, 0.25) is 0 Å². The molecule has 0 nitrogen and oxygen atoms in total. The smallest absolute Gasteiger partial charge is 0.0352 e. The van der Waals surface area contributed by atoms with Crippen molar-refractivity contribution in [2.45, 2.75) is 53.4 Å². The normalized spacial score (nSPS) is 30.8. The van der Waals surface area contributed by atoms with Gasteiger partial charge in [-0.1, -0.05) is 47.0 Å². The van der Waals surface area contributed by atoms with Gasteiger partial charge in [0.25, 0.3) is 0 Å². The fourth-order valence-corrected chi connectivity index (χ4v) is 2.63. The summed E-state index contributed by atoms with van der Waals surface area (Å²) in [5.41, 5.74) is 0. The van der Waals surface area contributed by atoms with Crippen molar-refractivity contribution in [3.05, 3.63) is 0 Å². The molecule has 0 heterocycles. The van der Waals surface area contributed by atoms with Crippen LogP contribution in [0.4, 0.5) is 0 Å². The largest absolute Gasteiger partial charge is 0.0651 e. The molecule has 12 heavy (non-hydrogen) atoms. The van der Waals surface area contributed by atoms with Gasteiger partial charge in [0.15, 0.2) is 0 Å². The first-order valence-corrected chi connectivity index (χ1v) is 5.74. The zero-order valence-corrected chi connectivity index (χ0v) is 9.14. The Bertz CT molecular complexity index is 124. The second kappa shape index (κ2) is 4.30. The Morgan fingerprint density at radius 1 is 1.00 bits per heavy atom. The molecule has 0 aromatic rings. The van der Waals surface area contributed by atoms with E-state index < -0.39 is 0 Å². The summed E-state index contributed by atoms with van der Waals surface area (Å²) < 4.78 is 0. The zero-order valence-electron chi connectivity index (χ0n) is 9.14. The van der Waals surface area contributed by atoms with Gasteiger partial charge in [-0.25, -0.2) is 0 Å². The van der Waals surface area contributed by atoms with E-state index in [0.29, 0.717) is 0 Å². The molecule has 0 amide bonds. The van der Waals surface area contributed by atoms with E-state index in [2.05, 4.69) is 27.7 Å². The van der Waals surface area contributed by atoms with Crippen LogP contribution in [0.1, 0.15) is 53.4 Å². The Kier molecular flexibility index (Phi) is 3.61. The third-order valence-corrected chi connectivity index (χ3v) is 3.92. The van der Waals surface area contributed by atoms with Crippen molar-refractivity contribution in [1.29, 1.82) is 0 Å². The third-order valence-electron chi connectivity index (χ3n) is 3.92. The van der Waals surface area contributed by atoms with Crippen molar-refractivity contribution in [2.75, 3.05) is 0 Å². The van der Waals surface area contributed by atoms with E-state index in [1.54, 1.807) is 0 Å². The molecule has 0 aromatic carbocycles. The van der Waals surface area contributed by atoms with Gasteiger partial charge in [-0.2, -0.15) is 0 Å². The van der Waals surface area contributed by atoms with Crippen LogP contribution in [-0.4, -0.2) is 0 Å². The van der Waals surface area contributed by atoms with Crippen molar-refractivity contribution >= 4 is 0 Å². The van der Waals surface area contributed by atoms with Gasteiger partial charge in [-0.15, -0.1) is 0 Å². The van der Waals surface area contributed by atoms with Gasteiger partial charge < -0.3 is 0 Å². The van der Waals surface area contributed by atoms with Crippen LogP contribution in [0.15, 0.2) is 0 Å². The molecule has 1 aliphatic rings. The van der Waals surface area contributed by atoms with Crippen LogP contribution < -0.4 is 0 Å². The van der Waals surface area contributed by atoms with Gasteiger partial charge in [-0.3, -0.25) is 0 Å². The van der Waals surface area contributed by atoms with E-state index in [1.807, 2.05) is 0 Å². The van der Waals surface area contributed by atoms with Crippen molar-refractivity contribution in [1.82, 2.24) is 0 Å². The van der Waals surface area contributed by atoms with Crippen LogP contribution in [0, 0.1) is 23.7 Å². The minimum absolute atomic E-state index is 0.982. The van der Waals surface area contributed by atoms with Gasteiger partial charge in [0.05, 0.1) is 0 Å². The van der Waals surface area contributed by atoms with Crippen molar-refractivity contribution in [3.8, 4) is 0 Å². The Hall–Kier alpha value is 0. The second-order valence-corrected chi connectivity index (χ2v) is 4.53. The van der Waals surface area contributed by atoms with Gasteiger partial charge >= 0.3 is 0 Å². The first-order chi connectivity index (χ1) is 5.74. The Balaban J connectivity index is 2.30. The average molecular weight is 168 g/mol. The topological polar surface area (TPSA) is 0 Å². The second-order valence-electron chi connectivity index (χ2n) is 4.53. The van der Waals surface area contributed by atoms with Crippen LogP contribution in [0.3, 0.4) is 0 Å². The summed E-state index contributed by atoms with van der Waals surface area (Å²) in [5, 5.41) is 0. The molecule has 3 atom stereocenters. The monoisotopic (exact) mass is 168 g/mol. The van der Waals surface area contributed by atoms with Crippen LogP contribution >= 0.6 is 0 Å². The molecule has 3 unspecified atom stereocenters. The summed E-state index contributed by atoms with van der Waals surface area (Å²) in [6, 6.07) is 0. The first-order valence-electron chi connectivity index (χ1n) is 5.74. The fraction of sp³-hybridized carbons (Fsp3) is 1.00. The number of rotatable bonds is 5. The molecule has 1 aliphatic carbocycles. The Morgan fingerprint density at radius 3 is 2.00 bits per heavy atom. The molecule has 1 saturated carbocycles. The van der Waals surface area contributed by atoms with Crippen LogP contribution in [0.5, 0.6) is 0 Å². The maximum Gasteiger partial charge on any atom is -0.0352 e. The molecule has 0 saturated heterocycles. The van der Waals surface area contributed by atoms with Gasteiger partial charge in [0, 0.05) is 0 Å². The molecule has 0 aliphatic heterocycles. The molecule has 0 aromatic heterocycles. The highest BCUT2D eigenvalue weighted by Gasteiger charge is 2.43. The molecule has 0 bridgehead atoms. The van der Waals surface area contributed by atoms with E-state index >= 15 is 0 Å². The molecule has 1 rings (SSSR count). The van der Waals surface area contributed by atoms with E-state index in [-0.39, 0.29) is 0 Å². The quantitative estimate of drug-likeness (QED) is 0.579. The maximum atomic E-state index is 2.42. The van der Waals surface area contributed by atoms with Gasteiger partial charge in [-0.05, 0) is 30.1 Å². The zero-order chi connectivity index (χ0) is 9.14. The lowest BCUT2D eigenvalue weighted by molar-refractivity contribution is 0.363. The SMILES string of the molecule is CCC(C)C1CC1C(CC)CC. The Morgan fingerprint density at radius 2 is 1.58 bits per heavy atom. The van der Waals surface area contributed by atoms with E-state index in [9.17, 15) is 0 Å². The average Bonchev–Trinajstić information content (AvgIpc) is 2.86. The van der Waals surface area contributed by atoms with Crippen LogP contribution in [-0.2, 0) is 0 Å². The Labute approximate surface area is 77.7 Å². The van der Waals surface area contributed by atoms with E-state index in [0.717, 1.165) is 23.7 Å². The van der Waals surface area contributed by atoms with Crippen molar-refractivity contribution in [2.24, 2.45) is 23.7 Å².